The van der Waals surface area contributed by atoms with Crippen LogP contribution in [-0.4, -0.2) is 17.6 Å². The Balaban J connectivity index is 2.26. The van der Waals surface area contributed by atoms with Crippen molar-refractivity contribution in [1.82, 2.24) is 4.98 Å². The second kappa shape index (κ2) is 8.51. The van der Waals surface area contributed by atoms with E-state index in [1.807, 2.05) is 0 Å². The molecule has 0 saturated heterocycles. The third-order valence-corrected chi connectivity index (χ3v) is 3.06. The first kappa shape index (κ1) is 15.5. The van der Waals surface area contributed by atoms with Crippen LogP contribution in [0.4, 0.5) is 5.69 Å². The van der Waals surface area contributed by atoms with Gasteiger partial charge >= 0.3 is 5.97 Å². The van der Waals surface area contributed by atoms with E-state index in [0.29, 0.717) is 23.6 Å². The van der Waals surface area contributed by atoms with Crippen molar-refractivity contribution in [3.8, 4) is 0 Å². The summed E-state index contributed by atoms with van der Waals surface area (Å²) in [4.78, 5) is 15.9. The van der Waals surface area contributed by atoms with E-state index >= 15 is 0 Å². The average Bonchev–Trinajstić information content (AvgIpc) is 2.40. The predicted molar refractivity (Wildman–Crippen MR) is 77.0 cm³/mol. The van der Waals surface area contributed by atoms with Crippen LogP contribution in [0, 0.1) is 6.92 Å². The fourth-order valence-electron chi connectivity index (χ4n) is 1.88. The fraction of sp³-hybridized carbons (Fsp3) is 0.600. The summed E-state index contributed by atoms with van der Waals surface area (Å²) in [5.41, 5.74) is 7.22. The highest BCUT2D eigenvalue weighted by Crippen LogP contribution is 2.11. The minimum atomic E-state index is -0.328. The van der Waals surface area contributed by atoms with Gasteiger partial charge in [-0.15, -0.1) is 0 Å². The molecule has 0 saturated carbocycles. The molecule has 0 atom stereocenters. The zero-order chi connectivity index (χ0) is 14.1. The number of aryl methyl sites for hydroxylation is 1. The van der Waals surface area contributed by atoms with Crippen LogP contribution in [0.1, 0.15) is 61.5 Å². The van der Waals surface area contributed by atoms with Crippen molar-refractivity contribution in [3.05, 3.63) is 23.5 Å². The molecule has 0 aliphatic carbocycles. The largest absolute Gasteiger partial charge is 0.462 e. The van der Waals surface area contributed by atoms with Crippen molar-refractivity contribution in [2.75, 3.05) is 12.3 Å². The lowest BCUT2D eigenvalue weighted by Gasteiger charge is -2.07. The molecule has 0 aliphatic heterocycles. The number of rotatable bonds is 8. The molecule has 1 heterocycles. The number of nitrogens with zero attached hydrogens (tertiary/aromatic N) is 1. The van der Waals surface area contributed by atoms with Gasteiger partial charge in [0.15, 0.2) is 0 Å². The normalized spacial score (nSPS) is 10.4. The molecule has 2 N–H and O–H groups in total. The summed E-state index contributed by atoms with van der Waals surface area (Å²) < 4.78 is 5.24. The van der Waals surface area contributed by atoms with Crippen molar-refractivity contribution in [3.63, 3.8) is 0 Å². The third-order valence-electron chi connectivity index (χ3n) is 3.06. The minimum Gasteiger partial charge on any atom is -0.462 e. The molecule has 0 unspecified atom stereocenters. The maximum Gasteiger partial charge on any atom is 0.340 e. The van der Waals surface area contributed by atoms with Gasteiger partial charge in [-0.3, -0.25) is 4.98 Å². The number of pyridine rings is 1. The molecule has 0 spiro atoms. The molecule has 1 rings (SSSR count). The Morgan fingerprint density at radius 2 is 1.95 bits per heavy atom. The number of hydrogen-bond donors (Lipinski definition) is 1. The first-order valence-corrected chi connectivity index (χ1v) is 7.04. The Morgan fingerprint density at radius 3 is 2.68 bits per heavy atom. The average molecular weight is 264 g/mol. The number of ether oxygens (including phenoxy) is 1. The molecule has 0 aliphatic rings. The first-order chi connectivity index (χ1) is 9.15. The van der Waals surface area contributed by atoms with Gasteiger partial charge in [-0.2, -0.15) is 0 Å². The van der Waals surface area contributed by atoms with Crippen LogP contribution in [0.5, 0.6) is 0 Å². The van der Waals surface area contributed by atoms with E-state index in [9.17, 15) is 4.79 Å². The molecule has 0 aromatic carbocycles. The molecule has 1 aromatic heterocycles. The van der Waals surface area contributed by atoms with Gasteiger partial charge in [0, 0.05) is 0 Å². The molecular formula is C15H24N2O2. The molecule has 0 fully saturated rings. The Bertz CT molecular complexity index is 405. The maximum absolute atomic E-state index is 11.8. The number of aromatic nitrogens is 1. The highest BCUT2D eigenvalue weighted by molar-refractivity contribution is 5.91. The smallest absolute Gasteiger partial charge is 0.340 e. The quantitative estimate of drug-likeness (QED) is 0.576. The molecule has 106 valence electrons. The Kier molecular flexibility index (Phi) is 6.93. The van der Waals surface area contributed by atoms with E-state index in [-0.39, 0.29) is 5.97 Å². The number of nitrogens with two attached hydrogens (primary N) is 1. The van der Waals surface area contributed by atoms with Crippen molar-refractivity contribution in [2.45, 2.75) is 52.4 Å². The summed E-state index contributed by atoms with van der Waals surface area (Å²) in [6.45, 7) is 4.45. The molecule has 1 aromatic rings. The van der Waals surface area contributed by atoms with Crippen molar-refractivity contribution < 1.29 is 9.53 Å². The van der Waals surface area contributed by atoms with Crippen LogP contribution in [0.3, 0.4) is 0 Å². The van der Waals surface area contributed by atoms with Crippen molar-refractivity contribution in [1.29, 1.82) is 0 Å². The van der Waals surface area contributed by atoms with Crippen molar-refractivity contribution >= 4 is 11.7 Å². The zero-order valence-electron chi connectivity index (χ0n) is 11.9. The number of hydrogen-bond acceptors (Lipinski definition) is 4. The lowest BCUT2D eigenvalue weighted by Crippen LogP contribution is -2.10. The predicted octanol–water partition coefficient (Wildman–Crippen LogP) is 3.49. The number of esters is 1. The van der Waals surface area contributed by atoms with E-state index < -0.39 is 0 Å². The minimum absolute atomic E-state index is 0.328. The Morgan fingerprint density at radius 1 is 1.26 bits per heavy atom. The lowest BCUT2D eigenvalue weighted by atomic mass is 10.1. The van der Waals surface area contributed by atoms with Crippen LogP contribution in [0.25, 0.3) is 0 Å². The monoisotopic (exact) mass is 264 g/mol. The van der Waals surface area contributed by atoms with Gasteiger partial charge in [0.25, 0.3) is 0 Å². The summed E-state index contributed by atoms with van der Waals surface area (Å²) in [5, 5.41) is 0. The number of unbranched alkanes of at least 4 members (excludes halogenated alkanes) is 5. The fourth-order valence-corrected chi connectivity index (χ4v) is 1.88. The van der Waals surface area contributed by atoms with Crippen molar-refractivity contribution in [2.24, 2.45) is 0 Å². The summed E-state index contributed by atoms with van der Waals surface area (Å²) >= 11 is 0. The SMILES string of the molecule is CCCCCCCCOC(=O)c1cc(N)cnc1C. The van der Waals surface area contributed by atoms with Gasteiger partial charge in [0.2, 0.25) is 0 Å². The van der Waals surface area contributed by atoms with Gasteiger partial charge in [-0.25, -0.2) is 4.79 Å². The maximum atomic E-state index is 11.8. The topological polar surface area (TPSA) is 65.2 Å². The number of anilines is 1. The van der Waals surface area contributed by atoms with E-state index in [2.05, 4.69) is 11.9 Å². The number of nitrogen functional groups attached to an aromatic ring is 1. The van der Waals surface area contributed by atoms with Crippen LogP contribution < -0.4 is 5.73 Å². The van der Waals surface area contributed by atoms with Gasteiger partial charge in [-0.1, -0.05) is 39.0 Å². The van der Waals surface area contributed by atoms with Gasteiger partial charge in [0.1, 0.15) is 0 Å². The van der Waals surface area contributed by atoms with Crippen LogP contribution in [0.2, 0.25) is 0 Å². The van der Waals surface area contributed by atoms with Crippen LogP contribution >= 0.6 is 0 Å². The van der Waals surface area contributed by atoms with Gasteiger partial charge < -0.3 is 10.5 Å². The summed E-state index contributed by atoms with van der Waals surface area (Å²) in [6, 6.07) is 1.62. The Hall–Kier alpha value is -1.58. The molecule has 19 heavy (non-hydrogen) atoms. The van der Waals surface area contributed by atoms with E-state index in [4.69, 9.17) is 10.5 Å². The molecule has 0 radical (unpaired) electrons. The first-order valence-electron chi connectivity index (χ1n) is 7.04. The lowest BCUT2D eigenvalue weighted by molar-refractivity contribution is 0.0496. The number of carbonyl (C=O) groups is 1. The second-order valence-electron chi connectivity index (χ2n) is 4.81. The van der Waals surface area contributed by atoms with Crippen LogP contribution in [-0.2, 0) is 4.74 Å². The van der Waals surface area contributed by atoms with Crippen LogP contribution in [0.15, 0.2) is 12.3 Å². The summed E-state index contributed by atoms with van der Waals surface area (Å²) in [5.74, 6) is -0.328. The molecule has 4 nitrogen and oxygen atoms in total. The highest BCUT2D eigenvalue weighted by atomic mass is 16.5. The highest BCUT2D eigenvalue weighted by Gasteiger charge is 2.11. The third kappa shape index (κ3) is 5.73. The van der Waals surface area contributed by atoms with E-state index in [1.165, 1.54) is 25.7 Å². The molecule has 0 bridgehead atoms. The van der Waals surface area contributed by atoms with E-state index in [0.717, 1.165) is 12.8 Å². The zero-order valence-corrected chi connectivity index (χ0v) is 11.9. The Labute approximate surface area is 115 Å². The molecular weight excluding hydrogens is 240 g/mol. The molecule has 0 amide bonds. The molecule has 4 heteroatoms. The summed E-state index contributed by atoms with van der Waals surface area (Å²) in [6.07, 6.45) is 8.59. The number of carbonyl (C=O) groups excluding carboxylic acids is 1. The summed E-state index contributed by atoms with van der Waals surface area (Å²) in [7, 11) is 0. The second-order valence-corrected chi connectivity index (χ2v) is 4.81. The standard InChI is InChI=1S/C15H24N2O2/c1-3-4-5-6-7-8-9-19-15(18)14-10-13(16)11-17-12(14)2/h10-11H,3-9,16H2,1-2H3. The van der Waals surface area contributed by atoms with Gasteiger partial charge in [0.05, 0.1) is 29.7 Å². The van der Waals surface area contributed by atoms with E-state index in [1.54, 1.807) is 19.2 Å². The van der Waals surface area contributed by atoms with Gasteiger partial charge in [-0.05, 0) is 19.4 Å².